The van der Waals surface area contributed by atoms with E-state index in [2.05, 4.69) is 10.5 Å². The molecular formula is C15H20N2O3. The molecule has 2 N–H and O–H groups in total. The molecule has 0 heterocycles. The van der Waals surface area contributed by atoms with Crippen molar-refractivity contribution in [3.05, 3.63) is 23.8 Å². The Morgan fingerprint density at radius 1 is 1.40 bits per heavy atom. The summed E-state index contributed by atoms with van der Waals surface area (Å²) in [7, 11) is 1.49. The molecule has 1 aromatic carbocycles. The second-order valence-corrected chi connectivity index (χ2v) is 4.97. The third-order valence-corrected chi connectivity index (χ3v) is 3.60. The quantitative estimate of drug-likeness (QED) is 0.655. The Labute approximate surface area is 118 Å². The molecule has 1 aliphatic rings. The highest BCUT2D eigenvalue weighted by molar-refractivity contribution is 5.86. The van der Waals surface area contributed by atoms with E-state index in [0.717, 1.165) is 25.7 Å². The van der Waals surface area contributed by atoms with Crippen LogP contribution in [0.2, 0.25) is 0 Å². The SMILES string of the molecule is COc1cccc(/C=N\NC(=O)C2CCCCC2)c1O. The summed E-state index contributed by atoms with van der Waals surface area (Å²) in [5.74, 6) is 0.432. The monoisotopic (exact) mass is 276 g/mol. The van der Waals surface area contributed by atoms with Crippen molar-refractivity contribution in [2.24, 2.45) is 11.0 Å². The second-order valence-electron chi connectivity index (χ2n) is 4.97. The molecule has 2 rings (SSSR count). The highest BCUT2D eigenvalue weighted by atomic mass is 16.5. The normalized spacial score (nSPS) is 16.2. The van der Waals surface area contributed by atoms with Crippen LogP contribution in [0.1, 0.15) is 37.7 Å². The van der Waals surface area contributed by atoms with Crippen molar-refractivity contribution in [3.63, 3.8) is 0 Å². The zero-order valence-electron chi connectivity index (χ0n) is 11.6. The number of benzene rings is 1. The minimum atomic E-state index is -0.0386. The molecule has 0 atom stereocenters. The Morgan fingerprint density at radius 2 is 2.15 bits per heavy atom. The second kappa shape index (κ2) is 6.93. The van der Waals surface area contributed by atoms with Gasteiger partial charge in [-0.05, 0) is 25.0 Å². The molecule has 20 heavy (non-hydrogen) atoms. The van der Waals surface area contributed by atoms with Gasteiger partial charge in [0, 0.05) is 11.5 Å². The van der Waals surface area contributed by atoms with Gasteiger partial charge >= 0.3 is 0 Å². The molecule has 0 saturated heterocycles. The minimum Gasteiger partial charge on any atom is -0.504 e. The molecule has 1 saturated carbocycles. The van der Waals surface area contributed by atoms with Gasteiger partial charge < -0.3 is 9.84 Å². The van der Waals surface area contributed by atoms with Crippen LogP contribution >= 0.6 is 0 Å². The molecule has 1 aromatic rings. The number of methoxy groups -OCH3 is 1. The van der Waals surface area contributed by atoms with Crippen LogP contribution in [0.3, 0.4) is 0 Å². The fourth-order valence-corrected chi connectivity index (χ4v) is 2.43. The number of rotatable bonds is 4. The Kier molecular flexibility index (Phi) is 4.98. The molecule has 0 aliphatic heterocycles. The van der Waals surface area contributed by atoms with Crippen molar-refractivity contribution in [1.29, 1.82) is 0 Å². The van der Waals surface area contributed by atoms with Crippen molar-refractivity contribution in [1.82, 2.24) is 5.43 Å². The lowest BCUT2D eigenvalue weighted by atomic mass is 9.89. The van der Waals surface area contributed by atoms with E-state index >= 15 is 0 Å². The first-order chi connectivity index (χ1) is 9.72. The van der Waals surface area contributed by atoms with Gasteiger partial charge in [0.15, 0.2) is 11.5 Å². The summed E-state index contributed by atoms with van der Waals surface area (Å²) in [6, 6.07) is 5.12. The first kappa shape index (κ1) is 14.4. The lowest BCUT2D eigenvalue weighted by Crippen LogP contribution is -2.28. The maximum absolute atomic E-state index is 11.9. The molecular weight excluding hydrogens is 256 g/mol. The van der Waals surface area contributed by atoms with Crippen LogP contribution in [0.5, 0.6) is 11.5 Å². The van der Waals surface area contributed by atoms with Crippen LogP contribution in [-0.4, -0.2) is 24.3 Å². The highest BCUT2D eigenvalue weighted by Gasteiger charge is 2.20. The number of para-hydroxylation sites is 1. The molecule has 0 bridgehead atoms. The van der Waals surface area contributed by atoms with Gasteiger partial charge in [0.2, 0.25) is 5.91 Å². The first-order valence-corrected chi connectivity index (χ1v) is 6.91. The van der Waals surface area contributed by atoms with Crippen LogP contribution < -0.4 is 10.2 Å². The average Bonchev–Trinajstić information content (AvgIpc) is 2.49. The lowest BCUT2D eigenvalue weighted by Gasteiger charge is -2.19. The molecule has 0 radical (unpaired) electrons. The van der Waals surface area contributed by atoms with E-state index < -0.39 is 0 Å². The Bertz CT molecular complexity index is 494. The number of carbonyl (C=O) groups is 1. The van der Waals surface area contributed by atoms with Crippen molar-refractivity contribution >= 4 is 12.1 Å². The number of phenols is 1. The number of ether oxygens (including phenoxy) is 1. The van der Waals surface area contributed by atoms with Crippen LogP contribution in [0, 0.1) is 5.92 Å². The fraction of sp³-hybridized carbons (Fsp3) is 0.467. The first-order valence-electron chi connectivity index (χ1n) is 6.91. The van der Waals surface area contributed by atoms with Gasteiger partial charge in [0.25, 0.3) is 0 Å². The van der Waals surface area contributed by atoms with Gasteiger partial charge in [-0.1, -0.05) is 25.3 Å². The number of nitrogens with one attached hydrogen (secondary N) is 1. The van der Waals surface area contributed by atoms with Gasteiger partial charge in [-0.2, -0.15) is 5.10 Å². The summed E-state index contributed by atoms with van der Waals surface area (Å²) in [4.78, 5) is 11.9. The molecule has 108 valence electrons. The number of nitrogens with zero attached hydrogens (tertiary/aromatic N) is 1. The molecule has 0 unspecified atom stereocenters. The van der Waals surface area contributed by atoms with E-state index in [9.17, 15) is 9.90 Å². The standard InChI is InChI=1S/C15H20N2O3/c1-20-13-9-5-8-12(14(13)18)10-16-17-15(19)11-6-3-2-4-7-11/h5,8-11,18H,2-4,6-7H2,1H3,(H,17,19)/b16-10-. The van der Waals surface area contributed by atoms with Gasteiger partial charge in [-0.3, -0.25) is 4.79 Å². The number of phenolic OH excluding ortho intramolecular Hbond substituents is 1. The maximum atomic E-state index is 11.9. The number of amides is 1. The highest BCUT2D eigenvalue weighted by Crippen LogP contribution is 2.28. The molecule has 0 aromatic heterocycles. The van der Waals surface area contributed by atoms with Crippen molar-refractivity contribution in [2.45, 2.75) is 32.1 Å². The largest absolute Gasteiger partial charge is 0.504 e. The predicted octanol–water partition coefficient (Wildman–Crippen LogP) is 2.43. The van der Waals surface area contributed by atoms with Crippen LogP contribution in [0.15, 0.2) is 23.3 Å². The summed E-state index contributed by atoms with van der Waals surface area (Å²) in [6.45, 7) is 0. The fourth-order valence-electron chi connectivity index (χ4n) is 2.43. The zero-order chi connectivity index (χ0) is 14.4. The molecule has 1 aliphatic carbocycles. The van der Waals surface area contributed by atoms with Gasteiger partial charge in [-0.15, -0.1) is 0 Å². The number of hydrogen-bond acceptors (Lipinski definition) is 4. The molecule has 1 fully saturated rings. The van der Waals surface area contributed by atoms with Crippen molar-refractivity contribution in [3.8, 4) is 11.5 Å². The molecule has 5 heteroatoms. The molecule has 1 amide bonds. The van der Waals surface area contributed by atoms with E-state index in [1.165, 1.54) is 19.7 Å². The molecule has 0 spiro atoms. The third kappa shape index (κ3) is 3.50. The Hall–Kier alpha value is -2.04. The van der Waals surface area contributed by atoms with E-state index in [1.54, 1.807) is 18.2 Å². The van der Waals surface area contributed by atoms with Crippen molar-refractivity contribution in [2.75, 3.05) is 7.11 Å². The Balaban J connectivity index is 1.94. The number of hydrogen-bond donors (Lipinski definition) is 2. The number of aromatic hydroxyl groups is 1. The average molecular weight is 276 g/mol. The topological polar surface area (TPSA) is 70.9 Å². The van der Waals surface area contributed by atoms with Gasteiger partial charge in [0.05, 0.1) is 13.3 Å². The lowest BCUT2D eigenvalue weighted by molar-refractivity contribution is -0.125. The van der Waals surface area contributed by atoms with Crippen molar-refractivity contribution < 1.29 is 14.6 Å². The van der Waals surface area contributed by atoms with Gasteiger partial charge in [-0.25, -0.2) is 5.43 Å². The zero-order valence-corrected chi connectivity index (χ0v) is 11.6. The maximum Gasteiger partial charge on any atom is 0.243 e. The number of carbonyl (C=O) groups excluding carboxylic acids is 1. The summed E-state index contributed by atoms with van der Waals surface area (Å²) in [5.41, 5.74) is 3.05. The minimum absolute atomic E-state index is 0.0191. The smallest absolute Gasteiger partial charge is 0.243 e. The summed E-state index contributed by atoms with van der Waals surface area (Å²) in [5, 5.41) is 13.8. The van der Waals surface area contributed by atoms with Crippen LogP contribution in [-0.2, 0) is 4.79 Å². The predicted molar refractivity (Wildman–Crippen MR) is 77.0 cm³/mol. The van der Waals surface area contributed by atoms with E-state index in [1.807, 2.05) is 0 Å². The summed E-state index contributed by atoms with van der Waals surface area (Å²) in [6.07, 6.45) is 6.73. The number of hydrazone groups is 1. The van der Waals surface area contributed by atoms with E-state index in [0.29, 0.717) is 11.3 Å². The van der Waals surface area contributed by atoms with E-state index in [4.69, 9.17) is 4.74 Å². The van der Waals surface area contributed by atoms with Crippen LogP contribution in [0.25, 0.3) is 0 Å². The summed E-state index contributed by atoms with van der Waals surface area (Å²) >= 11 is 0. The Morgan fingerprint density at radius 3 is 2.85 bits per heavy atom. The summed E-state index contributed by atoms with van der Waals surface area (Å²) < 4.78 is 5.01. The third-order valence-electron chi connectivity index (χ3n) is 3.60. The van der Waals surface area contributed by atoms with Gasteiger partial charge in [0.1, 0.15) is 0 Å². The van der Waals surface area contributed by atoms with Crippen LogP contribution in [0.4, 0.5) is 0 Å². The van der Waals surface area contributed by atoms with E-state index in [-0.39, 0.29) is 17.6 Å². The molecule has 5 nitrogen and oxygen atoms in total.